The molecule has 0 aliphatic rings. The van der Waals surface area contributed by atoms with Gasteiger partial charge in [-0.2, -0.15) is 0 Å². The molecule has 0 atom stereocenters. The number of rotatable bonds is 5. The van der Waals surface area contributed by atoms with E-state index in [4.69, 9.17) is 9.88 Å². The van der Waals surface area contributed by atoms with Crippen molar-refractivity contribution < 1.29 is 17.9 Å². The number of benzene rings is 1. The third-order valence-electron chi connectivity index (χ3n) is 2.22. The lowest BCUT2D eigenvalue weighted by Gasteiger charge is -2.08. The number of aryl methyl sites for hydroxylation is 1. The van der Waals surface area contributed by atoms with Gasteiger partial charge in [-0.05, 0) is 31.5 Å². The number of carbonyl (C=O) groups is 1. The largest absolute Gasteiger partial charge is 0.372 e. The lowest BCUT2D eigenvalue weighted by molar-refractivity contribution is -0.120. The molecule has 0 fully saturated rings. The van der Waals surface area contributed by atoms with Crippen molar-refractivity contribution in [2.24, 2.45) is 5.14 Å². The van der Waals surface area contributed by atoms with Crippen LogP contribution in [0.2, 0.25) is 0 Å². The zero-order valence-corrected chi connectivity index (χ0v) is 11.1. The van der Waals surface area contributed by atoms with Gasteiger partial charge in [-0.1, -0.05) is 6.07 Å². The van der Waals surface area contributed by atoms with Crippen molar-refractivity contribution in [3.05, 3.63) is 23.8 Å². The summed E-state index contributed by atoms with van der Waals surface area (Å²) in [5.41, 5.74) is 0.898. The van der Waals surface area contributed by atoms with E-state index in [1.165, 1.54) is 6.07 Å². The Hall–Kier alpha value is -1.44. The minimum Gasteiger partial charge on any atom is -0.372 e. The van der Waals surface area contributed by atoms with E-state index in [1.807, 2.05) is 0 Å². The number of anilines is 1. The van der Waals surface area contributed by atoms with Crippen LogP contribution < -0.4 is 10.5 Å². The average Bonchev–Trinajstić information content (AvgIpc) is 2.27. The molecule has 18 heavy (non-hydrogen) atoms. The standard InChI is InChI=1S/C11H16N2O4S/c1-3-17-7-11(14)13-9-5-4-8(2)10(6-9)18(12,15)16/h4-6H,3,7H2,1-2H3,(H,13,14)(H2,12,15,16). The molecule has 7 heteroatoms. The topological polar surface area (TPSA) is 98.5 Å². The third kappa shape index (κ3) is 4.10. The summed E-state index contributed by atoms with van der Waals surface area (Å²) in [5.74, 6) is -0.346. The number of primary sulfonamides is 1. The van der Waals surface area contributed by atoms with Crippen molar-refractivity contribution in [2.75, 3.05) is 18.5 Å². The molecular weight excluding hydrogens is 256 g/mol. The van der Waals surface area contributed by atoms with Gasteiger partial charge in [0.1, 0.15) is 6.61 Å². The summed E-state index contributed by atoms with van der Waals surface area (Å²) >= 11 is 0. The Bertz CT molecular complexity index is 540. The predicted octanol–water partition coefficient (Wildman–Crippen LogP) is 0.617. The van der Waals surface area contributed by atoms with Crippen LogP contribution in [-0.4, -0.2) is 27.5 Å². The monoisotopic (exact) mass is 272 g/mol. The van der Waals surface area contributed by atoms with E-state index in [1.54, 1.807) is 26.0 Å². The second-order valence-corrected chi connectivity index (χ2v) is 5.24. The van der Waals surface area contributed by atoms with Gasteiger partial charge in [0.15, 0.2) is 0 Å². The van der Waals surface area contributed by atoms with Gasteiger partial charge < -0.3 is 10.1 Å². The molecule has 0 heterocycles. The highest BCUT2D eigenvalue weighted by molar-refractivity contribution is 7.89. The summed E-state index contributed by atoms with van der Waals surface area (Å²) in [6.07, 6.45) is 0. The van der Waals surface area contributed by atoms with Gasteiger partial charge in [0.05, 0.1) is 4.90 Å². The third-order valence-corrected chi connectivity index (χ3v) is 3.27. The number of sulfonamides is 1. The number of amides is 1. The van der Waals surface area contributed by atoms with Crippen molar-refractivity contribution in [1.29, 1.82) is 0 Å². The Morgan fingerprint density at radius 1 is 1.44 bits per heavy atom. The SMILES string of the molecule is CCOCC(=O)Nc1ccc(C)c(S(N)(=O)=O)c1. The Morgan fingerprint density at radius 3 is 2.67 bits per heavy atom. The number of nitrogens with one attached hydrogen (secondary N) is 1. The summed E-state index contributed by atoms with van der Waals surface area (Å²) in [7, 11) is -3.79. The Morgan fingerprint density at radius 2 is 2.11 bits per heavy atom. The fraction of sp³-hybridized carbons (Fsp3) is 0.364. The van der Waals surface area contributed by atoms with Crippen LogP contribution in [0.3, 0.4) is 0 Å². The Kier molecular flexibility index (Phi) is 4.83. The van der Waals surface area contributed by atoms with Gasteiger partial charge >= 0.3 is 0 Å². The first-order valence-electron chi connectivity index (χ1n) is 5.35. The lowest BCUT2D eigenvalue weighted by Crippen LogP contribution is -2.19. The Labute approximate surface area is 106 Å². The van der Waals surface area contributed by atoms with E-state index in [9.17, 15) is 13.2 Å². The van der Waals surface area contributed by atoms with Crippen LogP contribution in [0.4, 0.5) is 5.69 Å². The fourth-order valence-corrected chi connectivity index (χ4v) is 2.18. The van der Waals surface area contributed by atoms with Crippen LogP contribution in [0.1, 0.15) is 12.5 Å². The number of nitrogens with two attached hydrogens (primary N) is 1. The van der Waals surface area contributed by atoms with Crippen molar-refractivity contribution >= 4 is 21.6 Å². The van der Waals surface area contributed by atoms with Gasteiger partial charge in [-0.3, -0.25) is 4.79 Å². The highest BCUT2D eigenvalue weighted by atomic mass is 32.2. The maximum absolute atomic E-state index is 11.4. The minimum atomic E-state index is -3.79. The molecule has 1 aromatic carbocycles. The van der Waals surface area contributed by atoms with Crippen molar-refractivity contribution in [3.8, 4) is 0 Å². The number of hydrogen-bond donors (Lipinski definition) is 2. The maximum atomic E-state index is 11.4. The minimum absolute atomic E-state index is 0.00305. The normalized spacial score (nSPS) is 11.3. The highest BCUT2D eigenvalue weighted by Gasteiger charge is 2.13. The number of hydrogen-bond acceptors (Lipinski definition) is 4. The molecule has 1 aromatic rings. The predicted molar refractivity (Wildman–Crippen MR) is 67.7 cm³/mol. The Balaban J connectivity index is 2.90. The lowest BCUT2D eigenvalue weighted by atomic mass is 10.2. The molecule has 0 unspecified atom stereocenters. The molecule has 3 N–H and O–H groups in total. The molecule has 0 saturated heterocycles. The molecule has 0 saturated carbocycles. The molecule has 0 bridgehead atoms. The second kappa shape index (κ2) is 5.94. The van der Waals surface area contributed by atoms with E-state index in [0.717, 1.165) is 0 Å². The molecule has 0 aromatic heterocycles. The molecule has 0 radical (unpaired) electrons. The molecule has 1 rings (SSSR count). The molecule has 6 nitrogen and oxygen atoms in total. The molecule has 1 amide bonds. The van der Waals surface area contributed by atoms with Crippen LogP contribution in [0.25, 0.3) is 0 Å². The molecule has 0 aliphatic carbocycles. The van der Waals surface area contributed by atoms with Crippen LogP contribution in [0.5, 0.6) is 0 Å². The van der Waals surface area contributed by atoms with Crippen LogP contribution in [-0.2, 0) is 19.6 Å². The van der Waals surface area contributed by atoms with Crippen LogP contribution in [0.15, 0.2) is 23.1 Å². The summed E-state index contributed by atoms with van der Waals surface area (Å²) in [5, 5.41) is 7.60. The zero-order valence-electron chi connectivity index (χ0n) is 10.3. The van der Waals surface area contributed by atoms with Gasteiger partial charge in [0.2, 0.25) is 15.9 Å². The first-order chi connectivity index (χ1) is 8.34. The first kappa shape index (κ1) is 14.6. The maximum Gasteiger partial charge on any atom is 0.250 e. The summed E-state index contributed by atoms with van der Waals surface area (Å²) in [6, 6.07) is 4.51. The van der Waals surface area contributed by atoms with Gasteiger partial charge in [0, 0.05) is 12.3 Å². The van der Waals surface area contributed by atoms with Crippen LogP contribution >= 0.6 is 0 Å². The first-order valence-corrected chi connectivity index (χ1v) is 6.90. The van der Waals surface area contributed by atoms with E-state index < -0.39 is 10.0 Å². The van der Waals surface area contributed by atoms with Crippen molar-refractivity contribution in [3.63, 3.8) is 0 Å². The van der Waals surface area contributed by atoms with Gasteiger partial charge in [0.25, 0.3) is 0 Å². The quantitative estimate of drug-likeness (QED) is 0.820. The second-order valence-electron chi connectivity index (χ2n) is 3.71. The molecular formula is C11H16N2O4S. The summed E-state index contributed by atoms with van der Waals surface area (Å²) < 4.78 is 27.5. The van der Waals surface area contributed by atoms with E-state index in [0.29, 0.717) is 17.9 Å². The smallest absolute Gasteiger partial charge is 0.250 e. The highest BCUT2D eigenvalue weighted by Crippen LogP contribution is 2.18. The average molecular weight is 272 g/mol. The molecule has 0 spiro atoms. The van der Waals surface area contributed by atoms with E-state index in [-0.39, 0.29) is 17.4 Å². The summed E-state index contributed by atoms with van der Waals surface area (Å²) in [6.45, 7) is 3.77. The number of carbonyl (C=O) groups excluding carboxylic acids is 1. The van der Waals surface area contributed by atoms with E-state index in [2.05, 4.69) is 5.32 Å². The zero-order chi connectivity index (χ0) is 13.8. The summed E-state index contributed by atoms with van der Waals surface area (Å²) in [4.78, 5) is 11.4. The molecule has 0 aliphatic heterocycles. The van der Waals surface area contributed by atoms with E-state index >= 15 is 0 Å². The van der Waals surface area contributed by atoms with Gasteiger partial charge in [-0.15, -0.1) is 0 Å². The van der Waals surface area contributed by atoms with Crippen molar-refractivity contribution in [2.45, 2.75) is 18.7 Å². The van der Waals surface area contributed by atoms with Crippen LogP contribution in [0, 0.1) is 6.92 Å². The van der Waals surface area contributed by atoms with Crippen molar-refractivity contribution in [1.82, 2.24) is 0 Å². The molecule has 100 valence electrons. The fourth-order valence-electron chi connectivity index (χ4n) is 1.38. The number of ether oxygens (including phenoxy) is 1. The van der Waals surface area contributed by atoms with Gasteiger partial charge in [-0.25, -0.2) is 13.6 Å².